The quantitative estimate of drug-likeness (QED) is 0.226. The summed E-state index contributed by atoms with van der Waals surface area (Å²) in [6.45, 7) is 2.55. The van der Waals surface area contributed by atoms with Gasteiger partial charge in [-0.05, 0) is 42.3 Å². The lowest BCUT2D eigenvalue weighted by atomic mass is 10.1. The van der Waals surface area contributed by atoms with Gasteiger partial charge in [0.2, 0.25) is 0 Å². The second kappa shape index (κ2) is 13.4. The molecule has 0 heterocycles. The first-order valence-electron chi connectivity index (χ1n) is 12.0. The Kier molecular flexibility index (Phi) is 10.3. The first kappa shape index (κ1) is 26.9. The molecule has 35 heavy (non-hydrogen) atoms. The van der Waals surface area contributed by atoms with Gasteiger partial charge in [0.05, 0.1) is 12.6 Å². The van der Waals surface area contributed by atoms with Gasteiger partial charge in [0, 0.05) is 5.56 Å². The summed E-state index contributed by atoms with van der Waals surface area (Å²) < 4.78 is 5.67. The average molecular weight is 547 g/mol. The maximum Gasteiger partial charge on any atom is 0.310 e. The third-order valence-corrected chi connectivity index (χ3v) is 10.8. The second-order valence-electron chi connectivity index (χ2n) is 8.51. The molecule has 180 valence electrons. The average Bonchev–Trinajstić information content (AvgIpc) is 2.90. The summed E-state index contributed by atoms with van der Waals surface area (Å²) in [5.74, 6) is -0.189. The molecule has 4 aromatic carbocycles. The molecule has 0 aliphatic carbocycles. The number of carbonyl (C=O) groups excluding carboxylic acids is 1. The molecule has 0 radical (unpaired) electrons. The summed E-state index contributed by atoms with van der Waals surface area (Å²) >= 11 is 0. The van der Waals surface area contributed by atoms with E-state index >= 15 is 0 Å². The van der Waals surface area contributed by atoms with E-state index in [1.807, 2.05) is 36.4 Å². The molecule has 0 atom stereocenters. The van der Waals surface area contributed by atoms with Gasteiger partial charge >= 0.3 is 5.97 Å². The van der Waals surface area contributed by atoms with Crippen LogP contribution in [0.25, 0.3) is 0 Å². The Morgan fingerprint density at radius 1 is 0.714 bits per heavy atom. The van der Waals surface area contributed by atoms with Crippen LogP contribution in [-0.2, 0) is 22.6 Å². The Balaban J connectivity index is 0.00000342. The van der Waals surface area contributed by atoms with Crippen LogP contribution in [0.4, 0.5) is 0 Å². The largest absolute Gasteiger partial charge is 1.00 e. The maximum atomic E-state index is 12.9. The van der Waals surface area contributed by atoms with E-state index in [-0.39, 0.29) is 29.4 Å². The minimum atomic E-state index is -1.95. The number of esters is 1. The third kappa shape index (κ3) is 6.48. The van der Waals surface area contributed by atoms with Gasteiger partial charge in [0.25, 0.3) is 0 Å². The molecule has 0 saturated heterocycles. The highest BCUT2D eigenvalue weighted by molar-refractivity contribution is 7.95. The van der Waals surface area contributed by atoms with Crippen molar-refractivity contribution in [2.24, 2.45) is 0 Å². The number of hydrogen-bond acceptors (Lipinski definition) is 2. The molecule has 4 heteroatoms. The Morgan fingerprint density at radius 2 is 1.23 bits per heavy atom. The second-order valence-corrected chi connectivity index (χ2v) is 12.1. The van der Waals surface area contributed by atoms with E-state index < -0.39 is 7.26 Å². The number of carbonyl (C=O) groups is 1. The van der Waals surface area contributed by atoms with Crippen molar-refractivity contribution in [1.82, 2.24) is 0 Å². The zero-order valence-electron chi connectivity index (χ0n) is 20.1. The molecule has 4 aromatic rings. The fraction of sp³-hybridized carbons (Fsp3) is 0.194. The Labute approximate surface area is 220 Å². The number of benzene rings is 4. The van der Waals surface area contributed by atoms with Gasteiger partial charge in [-0.3, -0.25) is 4.79 Å². The molecular formula is C31H32BrO2P. The number of halogens is 1. The van der Waals surface area contributed by atoms with Crippen molar-refractivity contribution in [3.8, 4) is 0 Å². The predicted molar refractivity (Wildman–Crippen MR) is 145 cm³/mol. The first-order chi connectivity index (χ1) is 16.7. The lowest BCUT2D eigenvalue weighted by molar-refractivity contribution is -0.144. The minimum absolute atomic E-state index is 0. The molecule has 0 fully saturated rings. The first-order valence-corrected chi connectivity index (χ1v) is 14.0. The number of hydrogen-bond donors (Lipinski definition) is 0. The number of ether oxygens (including phenoxy) is 1. The Bertz CT molecular complexity index is 1140. The van der Waals surface area contributed by atoms with Crippen molar-refractivity contribution in [3.05, 3.63) is 126 Å². The maximum absolute atomic E-state index is 12.9. The molecule has 0 bridgehead atoms. The molecule has 2 nitrogen and oxygen atoms in total. The normalized spacial score (nSPS) is 10.9. The third-order valence-electron chi connectivity index (χ3n) is 6.22. The van der Waals surface area contributed by atoms with E-state index in [1.54, 1.807) is 0 Å². The smallest absolute Gasteiger partial charge is 0.310 e. The lowest BCUT2D eigenvalue weighted by Crippen LogP contribution is -3.00. The summed E-state index contributed by atoms with van der Waals surface area (Å²) in [6, 6.07) is 40.1. The molecular weight excluding hydrogens is 515 g/mol. The molecule has 0 aliphatic heterocycles. The van der Waals surface area contributed by atoms with Crippen LogP contribution in [0.5, 0.6) is 0 Å². The van der Waals surface area contributed by atoms with Crippen LogP contribution >= 0.6 is 7.26 Å². The van der Waals surface area contributed by atoms with Crippen molar-refractivity contribution in [2.45, 2.75) is 32.8 Å². The van der Waals surface area contributed by atoms with Gasteiger partial charge in [-0.2, -0.15) is 0 Å². The van der Waals surface area contributed by atoms with E-state index in [0.29, 0.717) is 6.61 Å². The topological polar surface area (TPSA) is 26.3 Å². The van der Waals surface area contributed by atoms with Gasteiger partial charge < -0.3 is 21.7 Å². The molecule has 0 aliphatic rings. The van der Waals surface area contributed by atoms with Crippen LogP contribution in [0.2, 0.25) is 0 Å². The Morgan fingerprint density at radius 3 is 1.80 bits per heavy atom. The van der Waals surface area contributed by atoms with Crippen molar-refractivity contribution < 1.29 is 26.5 Å². The number of rotatable bonds is 10. The van der Waals surface area contributed by atoms with E-state index in [1.165, 1.54) is 15.9 Å². The van der Waals surface area contributed by atoms with E-state index in [9.17, 15) is 4.79 Å². The minimum Gasteiger partial charge on any atom is -1.00 e. The predicted octanol–water partition coefficient (Wildman–Crippen LogP) is 3.07. The highest BCUT2D eigenvalue weighted by Gasteiger charge is 2.46. The highest BCUT2D eigenvalue weighted by atomic mass is 79.9. The molecule has 0 amide bonds. The van der Waals surface area contributed by atoms with Crippen molar-refractivity contribution in [1.29, 1.82) is 0 Å². The van der Waals surface area contributed by atoms with E-state index in [2.05, 4.69) is 85.8 Å². The summed E-state index contributed by atoms with van der Waals surface area (Å²) in [5, 5.41) is 4.01. The zero-order chi connectivity index (χ0) is 23.6. The van der Waals surface area contributed by atoms with Crippen LogP contribution in [0, 0.1) is 0 Å². The molecule has 0 spiro atoms. The van der Waals surface area contributed by atoms with Crippen LogP contribution in [0.3, 0.4) is 0 Å². The van der Waals surface area contributed by atoms with Crippen molar-refractivity contribution in [2.75, 3.05) is 6.16 Å². The van der Waals surface area contributed by atoms with Gasteiger partial charge in [-0.1, -0.05) is 98.3 Å². The summed E-state index contributed by atoms with van der Waals surface area (Å²) in [5.41, 5.74) is 2.07. The van der Waals surface area contributed by atoms with Crippen LogP contribution < -0.4 is 32.9 Å². The molecule has 4 rings (SSSR count). The van der Waals surface area contributed by atoms with Crippen molar-refractivity contribution >= 4 is 29.1 Å². The molecule has 0 saturated carbocycles. The van der Waals surface area contributed by atoms with Gasteiger partial charge in [0.1, 0.15) is 29.8 Å². The lowest BCUT2D eigenvalue weighted by Gasteiger charge is -2.29. The molecule has 0 N–H and O–H groups in total. The molecule has 0 unspecified atom stereocenters. The summed E-state index contributed by atoms with van der Waals surface area (Å²) in [7, 11) is -1.95. The van der Waals surface area contributed by atoms with Gasteiger partial charge in [0.15, 0.2) is 0 Å². The van der Waals surface area contributed by atoms with Crippen LogP contribution in [0.1, 0.15) is 30.9 Å². The highest BCUT2D eigenvalue weighted by Crippen LogP contribution is 2.56. The van der Waals surface area contributed by atoms with E-state index in [4.69, 9.17) is 4.74 Å². The summed E-state index contributed by atoms with van der Waals surface area (Å²) in [6.07, 6.45) is 3.61. The van der Waals surface area contributed by atoms with Gasteiger partial charge in [-0.15, -0.1) is 0 Å². The monoisotopic (exact) mass is 546 g/mol. The van der Waals surface area contributed by atoms with E-state index in [0.717, 1.165) is 30.1 Å². The van der Waals surface area contributed by atoms with Crippen LogP contribution in [-0.4, -0.2) is 12.1 Å². The Hall–Kier alpha value is -2.74. The fourth-order valence-electron chi connectivity index (χ4n) is 4.54. The zero-order valence-corrected chi connectivity index (χ0v) is 22.6. The molecule has 0 aromatic heterocycles. The van der Waals surface area contributed by atoms with Crippen molar-refractivity contribution in [3.63, 3.8) is 0 Å². The standard InChI is InChI=1S/C31H32O2P.BrH/c1-2-3-23-34(28-18-9-5-10-19-28,29-20-11-6-12-21-29)30-22-14-13-17-27(30)24-31(32)33-25-26-15-7-4-8-16-26;/h4-22H,2-3,23-25H2,1H3;1H/q+1;/p-1. The summed E-state index contributed by atoms with van der Waals surface area (Å²) in [4.78, 5) is 12.9. The van der Waals surface area contributed by atoms with Crippen LogP contribution in [0.15, 0.2) is 115 Å². The van der Waals surface area contributed by atoms with Gasteiger partial charge in [-0.25, -0.2) is 0 Å². The fourth-order valence-corrected chi connectivity index (χ4v) is 9.29. The SMILES string of the molecule is CCCC[P+](c1ccccc1)(c1ccccc1)c1ccccc1CC(=O)OCc1ccccc1.[Br-]. The number of unbranched alkanes of at least 4 members (excludes halogenated alkanes) is 1.